The minimum Gasteiger partial charge on any atom is -0.497 e. The molecule has 0 aromatic heterocycles. The van der Waals surface area contributed by atoms with Gasteiger partial charge >= 0.3 is 0 Å². The summed E-state index contributed by atoms with van der Waals surface area (Å²) in [7, 11) is 1.71. The van der Waals surface area contributed by atoms with Gasteiger partial charge in [-0.2, -0.15) is 0 Å². The fourth-order valence-corrected chi connectivity index (χ4v) is 3.10. The summed E-state index contributed by atoms with van der Waals surface area (Å²) in [6.07, 6.45) is 6.89. The zero-order valence-electron chi connectivity index (χ0n) is 11.2. The highest BCUT2D eigenvalue weighted by molar-refractivity contribution is 9.10. The van der Waals surface area contributed by atoms with Crippen LogP contribution in [0.3, 0.4) is 0 Å². The van der Waals surface area contributed by atoms with E-state index in [9.17, 15) is 0 Å². The van der Waals surface area contributed by atoms with E-state index in [1.54, 1.807) is 7.11 Å². The molecule has 1 N–H and O–H groups in total. The van der Waals surface area contributed by atoms with Gasteiger partial charge in [-0.3, -0.25) is 0 Å². The SMILES string of the molecule is COc1ccc(Br)c(NC(C)C2CCCCC2)c1. The van der Waals surface area contributed by atoms with Crippen LogP contribution < -0.4 is 10.1 Å². The van der Waals surface area contributed by atoms with Gasteiger partial charge in [0.05, 0.1) is 12.8 Å². The molecule has 100 valence electrons. The number of benzene rings is 1. The largest absolute Gasteiger partial charge is 0.497 e. The summed E-state index contributed by atoms with van der Waals surface area (Å²) in [6.45, 7) is 2.29. The molecule has 2 rings (SSSR count). The van der Waals surface area contributed by atoms with Crippen molar-refractivity contribution < 1.29 is 4.74 Å². The van der Waals surface area contributed by atoms with E-state index in [1.807, 2.05) is 12.1 Å². The van der Waals surface area contributed by atoms with Crippen LogP contribution in [0.4, 0.5) is 5.69 Å². The maximum Gasteiger partial charge on any atom is 0.121 e. The molecule has 3 heteroatoms. The molecule has 1 atom stereocenters. The predicted molar refractivity (Wildman–Crippen MR) is 80.4 cm³/mol. The summed E-state index contributed by atoms with van der Waals surface area (Å²) in [4.78, 5) is 0. The topological polar surface area (TPSA) is 21.3 Å². The Hall–Kier alpha value is -0.700. The van der Waals surface area contributed by atoms with Gasteiger partial charge in [-0.1, -0.05) is 19.3 Å². The molecular weight excluding hydrogens is 290 g/mol. The molecule has 1 aliphatic carbocycles. The molecule has 0 amide bonds. The van der Waals surface area contributed by atoms with Crippen LogP contribution in [0.1, 0.15) is 39.0 Å². The van der Waals surface area contributed by atoms with E-state index >= 15 is 0 Å². The van der Waals surface area contributed by atoms with Gasteiger partial charge in [-0.25, -0.2) is 0 Å². The van der Waals surface area contributed by atoms with E-state index in [2.05, 4.69) is 34.2 Å². The first-order valence-electron chi connectivity index (χ1n) is 6.81. The number of methoxy groups -OCH3 is 1. The Labute approximate surface area is 118 Å². The van der Waals surface area contributed by atoms with Crippen LogP contribution in [0.5, 0.6) is 5.75 Å². The standard InChI is InChI=1S/C15H22BrNO/c1-11(12-6-4-3-5-7-12)17-15-10-13(18-2)8-9-14(15)16/h8-12,17H,3-7H2,1-2H3. The fourth-order valence-electron chi connectivity index (χ4n) is 2.74. The van der Waals surface area contributed by atoms with E-state index in [0.717, 1.165) is 21.8 Å². The van der Waals surface area contributed by atoms with Crippen molar-refractivity contribution in [1.82, 2.24) is 0 Å². The molecule has 0 spiro atoms. The average molecular weight is 312 g/mol. The van der Waals surface area contributed by atoms with Gasteiger partial charge in [0.15, 0.2) is 0 Å². The summed E-state index contributed by atoms with van der Waals surface area (Å²) in [5.74, 6) is 1.70. The molecule has 1 aromatic carbocycles. The van der Waals surface area contributed by atoms with Crippen LogP contribution in [0.2, 0.25) is 0 Å². The van der Waals surface area contributed by atoms with Crippen molar-refractivity contribution in [2.45, 2.75) is 45.1 Å². The van der Waals surface area contributed by atoms with Crippen LogP contribution >= 0.6 is 15.9 Å². The molecule has 0 saturated heterocycles. The number of hydrogen-bond donors (Lipinski definition) is 1. The summed E-state index contributed by atoms with van der Waals surface area (Å²) < 4.78 is 6.38. The fraction of sp³-hybridized carbons (Fsp3) is 0.600. The first-order chi connectivity index (χ1) is 8.70. The molecule has 1 aromatic rings. The number of ether oxygens (including phenoxy) is 1. The van der Waals surface area contributed by atoms with E-state index in [-0.39, 0.29) is 0 Å². The second-order valence-electron chi connectivity index (χ2n) is 5.18. The summed E-state index contributed by atoms with van der Waals surface area (Å²) >= 11 is 3.59. The smallest absolute Gasteiger partial charge is 0.121 e. The van der Waals surface area contributed by atoms with Crippen molar-refractivity contribution in [3.05, 3.63) is 22.7 Å². The first kappa shape index (κ1) is 13.7. The average Bonchev–Trinajstić information content (AvgIpc) is 2.42. The minimum atomic E-state index is 0.522. The Balaban J connectivity index is 2.03. The van der Waals surface area contributed by atoms with Crippen molar-refractivity contribution >= 4 is 21.6 Å². The maximum absolute atomic E-state index is 5.28. The van der Waals surface area contributed by atoms with E-state index in [1.165, 1.54) is 32.1 Å². The molecule has 0 heterocycles. The van der Waals surface area contributed by atoms with Crippen molar-refractivity contribution in [2.24, 2.45) is 5.92 Å². The molecule has 2 nitrogen and oxygen atoms in total. The number of rotatable bonds is 4. The molecule has 1 unspecified atom stereocenters. The van der Waals surface area contributed by atoms with Gasteiger partial charge in [0.25, 0.3) is 0 Å². The third kappa shape index (κ3) is 3.41. The molecule has 1 aliphatic rings. The first-order valence-corrected chi connectivity index (χ1v) is 7.60. The summed E-state index contributed by atoms with van der Waals surface area (Å²) in [5.41, 5.74) is 1.13. The van der Waals surface area contributed by atoms with Crippen LogP contribution in [0.15, 0.2) is 22.7 Å². The maximum atomic E-state index is 5.28. The molecular formula is C15H22BrNO. The van der Waals surface area contributed by atoms with Crippen molar-refractivity contribution in [3.8, 4) is 5.75 Å². The Morgan fingerprint density at radius 2 is 2.00 bits per heavy atom. The molecule has 1 saturated carbocycles. The van der Waals surface area contributed by atoms with Crippen LogP contribution in [-0.4, -0.2) is 13.2 Å². The zero-order valence-corrected chi connectivity index (χ0v) is 12.8. The lowest BCUT2D eigenvalue weighted by molar-refractivity contribution is 0.328. The van der Waals surface area contributed by atoms with E-state index in [0.29, 0.717) is 6.04 Å². The Morgan fingerprint density at radius 1 is 1.28 bits per heavy atom. The minimum absolute atomic E-state index is 0.522. The molecule has 18 heavy (non-hydrogen) atoms. The number of nitrogens with one attached hydrogen (secondary N) is 1. The highest BCUT2D eigenvalue weighted by Crippen LogP contribution is 2.32. The van der Waals surface area contributed by atoms with Crippen molar-refractivity contribution in [1.29, 1.82) is 0 Å². The Morgan fingerprint density at radius 3 is 2.67 bits per heavy atom. The number of halogens is 1. The quantitative estimate of drug-likeness (QED) is 0.859. The Kier molecular flexibility index (Phi) is 4.93. The molecule has 0 bridgehead atoms. The van der Waals surface area contributed by atoms with Crippen molar-refractivity contribution in [3.63, 3.8) is 0 Å². The normalized spacial score (nSPS) is 18.4. The summed E-state index contributed by atoms with van der Waals surface area (Å²) in [6, 6.07) is 6.59. The third-order valence-electron chi connectivity index (χ3n) is 3.91. The lowest BCUT2D eigenvalue weighted by Crippen LogP contribution is -2.27. The highest BCUT2D eigenvalue weighted by atomic mass is 79.9. The van der Waals surface area contributed by atoms with Gasteiger partial charge in [-0.15, -0.1) is 0 Å². The lowest BCUT2D eigenvalue weighted by atomic mass is 9.84. The Bertz CT molecular complexity index is 388. The zero-order chi connectivity index (χ0) is 13.0. The third-order valence-corrected chi connectivity index (χ3v) is 4.61. The van der Waals surface area contributed by atoms with Gasteiger partial charge in [0, 0.05) is 16.6 Å². The van der Waals surface area contributed by atoms with Gasteiger partial charge in [0.1, 0.15) is 5.75 Å². The predicted octanol–water partition coefficient (Wildman–Crippen LogP) is 4.84. The number of anilines is 1. The van der Waals surface area contributed by atoms with E-state index < -0.39 is 0 Å². The number of hydrogen-bond acceptors (Lipinski definition) is 2. The van der Waals surface area contributed by atoms with Gasteiger partial charge in [0.2, 0.25) is 0 Å². The van der Waals surface area contributed by atoms with Crippen LogP contribution in [-0.2, 0) is 0 Å². The second-order valence-corrected chi connectivity index (χ2v) is 6.03. The van der Waals surface area contributed by atoms with E-state index in [4.69, 9.17) is 4.74 Å². The summed E-state index contributed by atoms with van der Waals surface area (Å²) in [5, 5.41) is 3.63. The monoisotopic (exact) mass is 311 g/mol. The van der Waals surface area contributed by atoms with Crippen LogP contribution in [0, 0.1) is 5.92 Å². The van der Waals surface area contributed by atoms with Gasteiger partial charge < -0.3 is 10.1 Å². The lowest BCUT2D eigenvalue weighted by Gasteiger charge is -2.29. The highest BCUT2D eigenvalue weighted by Gasteiger charge is 2.20. The van der Waals surface area contributed by atoms with Gasteiger partial charge in [-0.05, 0) is 53.7 Å². The molecule has 0 radical (unpaired) electrons. The van der Waals surface area contributed by atoms with Crippen LogP contribution in [0.25, 0.3) is 0 Å². The second kappa shape index (κ2) is 6.46. The molecule has 1 fully saturated rings. The molecule has 0 aliphatic heterocycles. The van der Waals surface area contributed by atoms with Crippen molar-refractivity contribution in [2.75, 3.05) is 12.4 Å².